The molecule has 0 saturated heterocycles. The number of nitrogens with zero attached hydrogens (tertiary/aromatic N) is 3. The fourth-order valence-electron chi connectivity index (χ4n) is 0.959. The average molecular weight is 272 g/mol. The third-order valence-electron chi connectivity index (χ3n) is 1.74. The number of aromatic nitrogens is 3. The van der Waals surface area contributed by atoms with Crippen LogP contribution in [0.1, 0.15) is 0 Å². The van der Waals surface area contributed by atoms with Crippen molar-refractivity contribution in [3.8, 4) is 0 Å². The molecule has 0 aliphatic heterocycles. The van der Waals surface area contributed by atoms with Gasteiger partial charge in [0, 0.05) is 23.6 Å². The van der Waals surface area contributed by atoms with Gasteiger partial charge in [-0.15, -0.1) is 8.17 Å². The summed E-state index contributed by atoms with van der Waals surface area (Å²) in [5, 5.41) is 17.6. The molecule has 0 aromatic carbocycles. The van der Waals surface area contributed by atoms with E-state index in [9.17, 15) is 14.4 Å². The maximum Gasteiger partial charge on any atom is 0.366 e. The second-order valence-electron chi connectivity index (χ2n) is 2.86. The summed E-state index contributed by atoms with van der Waals surface area (Å²) >= 11 is 10.5. The topological polar surface area (TPSA) is 106 Å². The van der Waals surface area contributed by atoms with E-state index >= 15 is 0 Å². The van der Waals surface area contributed by atoms with Gasteiger partial charge >= 0.3 is 17.1 Å². The zero-order chi connectivity index (χ0) is 12.5. The molecule has 0 spiro atoms. The zero-order valence-electron chi connectivity index (χ0n) is 7.71. The van der Waals surface area contributed by atoms with Gasteiger partial charge in [0.25, 0.3) is 0 Å². The summed E-state index contributed by atoms with van der Waals surface area (Å²) in [5.74, 6) is 0. The minimum absolute atomic E-state index is 0.0957. The molecule has 8 nitrogen and oxygen atoms in total. The Morgan fingerprint density at radius 2 is 1.50 bits per heavy atom. The van der Waals surface area contributed by atoms with E-state index in [1.165, 1.54) is 0 Å². The van der Waals surface area contributed by atoms with Crippen LogP contribution in [0.15, 0.2) is 14.4 Å². The van der Waals surface area contributed by atoms with Gasteiger partial charge in [0.1, 0.15) is 0 Å². The molecule has 0 amide bonds. The van der Waals surface area contributed by atoms with Gasteiger partial charge in [0.2, 0.25) is 0 Å². The minimum Gasteiger partial charge on any atom is -0.394 e. The largest absolute Gasteiger partial charge is 0.394 e. The van der Waals surface area contributed by atoms with Crippen molar-refractivity contribution >= 4 is 23.6 Å². The molecule has 10 heteroatoms. The zero-order valence-corrected chi connectivity index (χ0v) is 9.22. The fourth-order valence-corrected chi connectivity index (χ4v) is 1.33. The van der Waals surface area contributed by atoms with E-state index in [0.717, 1.165) is 0 Å². The van der Waals surface area contributed by atoms with E-state index in [4.69, 9.17) is 33.8 Å². The van der Waals surface area contributed by atoms with Crippen LogP contribution in [-0.4, -0.2) is 35.7 Å². The Morgan fingerprint density at radius 1 is 1.06 bits per heavy atom. The van der Waals surface area contributed by atoms with Crippen LogP contribution in [0.25, 0.3) is 0 Å². The van der Waals surface area contributed by atoms with E-state index in [0.29, 0.717) is 4.57 Å². The lowest BCUT2D eigenvalue weighted by Crippen LogP contribution is -2.51. The molecule has 90 valence electrons. The van der Waals surface area contributed by atoms with Crippen LogP contribution in [0.4, 0.5) is 0 Å². The highest BCUT2D eigenvalue weighted by molar-refractivity contribution is 6.17. The summed E-state index contributed by atoms with van der Waals surface area (Å²) in [7, 11) is 0. The molecule has 0 saturated carbocycles. The molecule has 0 fully saturated rings. The minimum atomic E-state index is -1.34. The van der Waals surface area contributed by atoms with Crippen molar-refractivity contribution in [1.29, 1.82) is 0 Å². The van der Waals surface area contributed by atoms with Gasteiger partial charge in [0.15, 0.2) is 0 Å². The lowest BCUT2D eigenvalue weighted by atomic mass is 10.4. The van der Waals surface area contributed by atoms with Gasteiger partial charge in [-0.25, -0.2) is 19.0 Å². The van der Waals surface area contributed by atoms with Gasteiger partial charge < -0.3 is 10.2 Å². The van der Waals surface area contributed by atoms with Crippen molar-refractivity contribution in [3.63, 3.8) is 0 Å². The van der Waals surface area contributed by atoms with E-state index in [2.05, 4.69) is 0 Å². The normalized spacial score (nSPS) is 12.8. The lowest BCUT2D eigenvalue weighted by molar-refractivity contribution is 0.0785. The number of halogens is 2. The van der Waals surface area contributed by atoms with E-state index in [-0.39, 0.29) is 8.17 Å². The van der Waals surface area contributed by atoms with Crippen molar-refractivity contribution in [1.82, 2.24) is 12.7 Å². The Morgan fingerprint density at radius 3 is 1.88 bits per heavy atom. The Kier molecular flexibility index (Phi) is 3.92. The highest BCUT2D eigenvalue weighted by Gasteiger charge is 2.15. The van der Waals surface area contributed by atoms with Crippen molar-refractivity contribution in [2.24, 2.45) is 0 Å². The summed E-state index contributed by atoms with van der Waals surface area (Å²) in [6.45, 7) is -1.18. The maximum atomic E-state index is 11.3. The van der Waals surface area contributed by atoms with Gasteiger partial charge in [-0.3, -0.25) is 0 Å². The molecule has 1 rings (SSSR count). The monoisotopic (exact) mass is 271 g/mol. The van der Waals surface area contributed by atoms with Crippen molar-refractivity contribution in [2.45, 2.75) is 12.6 Å². The third-order valence-corrected chi connectivity index (χ3v) is 2.32. The van der Waals surface area contributed by atoms with Crippen LogP contribution in [0.2, 0.25) is 0 Å². The van der Waals surface area contributed by atoms with Gasteiger partial charge in [-0.05, 0) is 0 Å². The number of hydrogen-bond donors (Lipinski definition) is 2. The first-order valence-electron chi connectivity index (χ1n) is 4.00. The molecule has 2 N–H and O–H groups in total. The van der Waals surface area contributed by atoms with Gasteiger partial charge in [-0.2, -0.15) is 0 Å². The number of aliphatic hydroxyl groups is 2. The summed E-state index contributed by atoms with van der Waals surface area (Å²) in [6, 6.07) is 0. The van der Waals surface area contributed by atoms with E-state index < -0.39 is 36.3 Å². The third kappa shape index (κ3) is 2.19. The molecule has 0 bridgehead atoms. The second kappa shape index (κ2) is 4.83. The van der Waals surface area contributed by atoms with Crippen molar-refractivity contribution < 1.29 is 10.2 Å². The van der Waals surface area contributed by atoms with E-state index in [1.807, 2.05) is 0 Å². The van der Waals surface area contributed by atoms with Crippen LogP contribution in [-0.2, 0) is 6.54 Å². The second-order valence-corrected chi connectivity index (χ2v) is 3.53. The molecule has 1 aromatic heterocycles. The predicted molar refractivity (Wildman–Crippen MR) is 54.8 cm³/mol. The van der Waals surface area contributed by atoms with Crippen molar-refractivity contribution in [2.75, 3.05) is 6.61 Å². The molecule has 1 unspecified atom stereocenters. The Labute approximate surface area is 97.7 Å². The van der Waals surface area contributed by atoms with Crippen LogP contribution in [0.5, 0.6) is 0 Å². The fraction of sp³-hybridized carbons (Fsp3) is 0.500. The first-order chi connectivity index (χ1) is 7.40. The highest BCUT2D eigenvalue weighted by atomic mass is 35.5. The number of hydrogen-bond acceptors (Lipinski definition) is 5. The molecule has 16 heavy (non-hydrogen) atoms. The molecular formula is C6H7Cl2N3O5. The molecule has 0 aliphatic rings. The molecule has 1 aromatic rings. The first kappa shape index (κ1) is 13.0. The summed E-state index contributed by atoms with van der Waals surface area (Å²) < 4.78 is 0.624. The van der Waals surface area contributed by atoms with Crippen LogP contribution >= 0.6 is 23.6 Å². The van der Waals surface area contributed by atoms with Crippen molar-refractivity contribution in [3.05, 3.63) is 31.5 Å². The number of rotatable bonds is 3. The molecular weight excluding hydrogens is 265 g/mol. The van der Waals surface area contributed by atoms with Crippen LogP contribution in [0.3, 0.4) is 0 Å². The predicted octanol–water partition coefficient (Wildman–Crippen LogP) is -2.47. The first-order valence-corrected chi connectivity index (χ1v) is 4.68. The Bertz CT molecular complexity index is 519. The smallest absolute Gasteiger partial charge is 0.366 e. The Balaban J connectivity index is 3.47. The average Bonchev–Trinajstić information content (AvgIpc) is 2.29. The maximum absolute atomic E-state index is 11.3. The molecule has 1 heterocycles. The lowest BCUT2D eigenvalue weighted by Gasteiger charge is -2.09. The van der Waals surface area contributed by atoms with Crippen LogP contribution in [0, 0.1) is 0 Å². The SMILES string of the molecule is O=c1n(Cl)c(=O)n(CC(O)CO)c(=O)n1Cl. The molecule has 0 radical (unpaired) electrons. The summed E-state index contributed by atoms with van der Waals surface area (Å²) in [5.41, 5.74) is -3.48. The number of aliphatic hydroxyl groups excluding tert-OH is 2. The highest BCUT2D eigenvalue weighted by Crippen LogP contribution is 1.85. The van der Waals surface area contributed by atoms with E-state index in [1.54, 1.807) is 0 Å². The van der Waals surface area contributed by atoms with Gasteiger partial charge in [-0.1, -0.05) is 0 Å². The standard InChI is InChI=1S/C6H7Cl2N3O5/c7-10-4(14)9(1-3(13)2-12)5(15)11(8)6(10)16/h3,12-13H,1-2H2. The molecule has 0 aliphatic carbocycles. The Hall–Kier alpha value is -1.09. The molecule has 1 atom stereocenters. The van der Waals surface area contributed by atoms with Gasteiger partial charge in [0.05, 0.1) is 19.3 Å². The summed E-state index contributed by atoms with van der Waals surface area (Å²) in [4.78, 5) is 33.7. The quantitative estimate of drug-likeness (QED) is 0.634. The summed E-state index contributed by atoms with van der Waals surface area (Å²) in [6.07, 6.45) is -1.34. The van der Waals surface area contributed by atoms with Crippen LogP contribution < -0.4 is 17.1 Å².